The fourth-order valence-corrected chi connectivity index (χ4v) is 5.27. The van der Waals surface area contributed by atoms with Gasteiger partial charge in [-0.05, 0) is 55.1 Å². The van der Waals surface area contributed by atoms with E-state index in [0.717, 1.165) is 33.7 Å². The minimum atomic E-state index is -3.89. The zero-order valence-corrected chi connectivity index (χ0v) is 16.2. The van der Waals surface area contributed by atoms with Crippen LogP contribution in [0.2, 0.25) is 0 Å². The molecule has 0 saturated heterocycles. The quantitative estimate of drug-likeness (QED) is 0.606. The molecular weight excluding hydrogens is 379 g/mol. The minimum Gasteiger partial charge on any atom is -0.316 e. The fraction of sp³-hybridized carbons (Fsp3) is 0.235. The second-order valence-corrected chi connectivity index (χ2v) is 8.88. The molecule has 0 aliphatic heterocycles. The van der Waals surface area contributed by atoms with Gasteiger partial charge in [-0.25, -0.2) is 4.39 Å². The Labute approximate surface area is 154 Å². The van der Waals surface area contributed by atoms with Crippen LogP contribution in [0.15, 0.2) is 56.7 Å². The monoisotopic (exact) mass is 396 g/mol. The molecule has 1 aromatic heterocycles. The van der Waals surface area contributed by atoms with Gasteiger partial charge >= 0.3 is 0 Å². The number of thiazole rings is 1. The minimum absolute atomic E-state index is 0.0146. The smallest absolute Gasteiger partial charge is 0.285 e. The van der Waals surface area contributed by atoms with Gasteiger partial charge in [-0.2, -0.15) is 8.42 Å². The van der Waals surface area contributed by atoms with Gasteiger partial charge in [0.1, 0.15) is 5.82 Å². The summed E-state index contributed by atoms with van der Waals surface area (Å²) < 4.78 is 45.1. The molecule has 2 aromatic carbocycles. The van der Waals surface area contributed by atoms with Crippen molar-refractivity contribution in [3.05, 3.63) is 53.1 Å². The molecule has 3 rings (SSSR count). The van der Waals surface area contributed by atoms with Gasteiger partial charge in [0.05, 0.1) is 15.1 Å². The van der Waals surface area contributed by atoms with E-state index in [1.807, 2.05) is 35.9 Å². The van der Waals surface area contributed by atoms with E-state index in [4.69, 9.17) is 0 Å². The van der Waals surface area contributed by atoms with Crippen molar-refractivity contribution in [3.8, 4) is 0 Å². The third-order valence-corrected chi connectivity index (χ3v) is 6.81. The van der Waals surface area contributed by atoms with Crippen molar-refractivity contribution in [2.24, 2.45) is 4.40 Å². The number of nitrogens with zero attached hydrogens (tertiary/aromatic N) is 2. The normalized spacial score (nSPS) is 12.8. The first-order chi connectivity index (χ1) is 11.9. The summed E-state index contributed by atoms with van der Waals surface area (Å²) in [5.41, 5.74) is 0.970. The van der Waals surface area contributed by atoms with Crippen LogP contribution in [0, 0.1) is 5.82 Å². The van der Waals surface area contributed by atoms with Crippen molar-refractivity contribution in [3.63, 3.8) is 0 Å². The molecule has 0 aliphatic carbocycles. The number of thioether (sulfide) groups is 1. The highest BCUT2D eigenvalue weighted by molar-refractivity contribution is 7.98. The Morgan fingerprint density at radius 2 is 1.92 bits per heavy atom. The van der Waals surface area contributed by atoms with E-state index < -0.39 is 15.8 Å². The van der Waals surface area contributed by atoms with Crippen LogP contribution in [0.1, 0.15) is 13.3 Å². The molecule has 0 aliphatic rings. The molecule has 0 saturated carbocycles. The van der Waals surface area contributed by atoms with Crippen molar-refractivity contribution >= 4 is 43.3 Å². The molecule has 1 heterocycles. The second-order valence-electron chi connectivity index (χ2n) is 5.39. The average Bonchev–Trinajstić information content (AvgIpc) is 2.91. The van der Waals surface area contributed by atoms with Crippen LogP contribution in [-0.2, 0) is 16.6 Å². The highest BCUT2D eigenvalue weighted by Crippen LogP contribution is 2.24. The molecule has 0 radical (unpaired) electrons. The molecule has 4 nitrogen and oxygen atoms in total. The van der Waals surface area contributed by atoms with Crippen molar-refractivity contribution in [2.75, 3.05) is 6.26 Å². The van der Waals surface area contributed by atoms with E-state index in [2.05, 4.69) is 4.40 Å². The van der Waals surface area contributed by atoms with Gasteiger partial charge in [0.2, 0.25) is 4.80 Å². The van der Waals surface area contributed by atoms with Crippen LogP contribution in [0.5, 0.6) is 0 Å². The first-order valence-electron chi connectivity index (χ1n) is 7.68. The number of hydrogen-bond donors (Lipinski definition) is 0. The molecular formula is C17H17FN2O2S3. The Morgan fingerprint density at radius 1 is 1.20 bits per heavy atom. The summed E-state index contributed by atoms with van der Waals surface area (Å²) in [5, 5.41) is 0. The Morgan fingerprint density at radius 3 is 2.56 bits per heavy atom. The van der Waals surface area contributed by atoms with Crippen LogP contribution in [0.3, 0.4) is 0 Å². The van der Waals surface area contributed by atoms with Crippen molar-refractivity contribution in [1.82, 2.24) is 4.57 Å². The van der Waals surface area contributed by atoms with E-state index in [1.165, 1.54) is 23.5 Å². The molecule has 0 amide bonds. The molecule has 3 aromatic rings. The number of sulfonamides is 1. The lowest BCUT2D eigenvalue weighted by Crippen LogP contribution is -2.17. The van der Waals surface area contributed by atoms with E-state index in [1.54, 1.807) is 11.8 Å². The largest absolute Gasteiger partial charge is 0.316 e. The molecule has 25 heavy (non-hydrogen) atoms. The zero-order chi connectivity index (χ0) is 18.0. The predicted molar refractivity (Wildman–Crippen MR) is 101 cm³/mol. The van der Waals surface area contributed by atoms with Gasteiger partial charge < -0.3 is 4.57 Å². The van der Waals surface area contributed by atoms with Crippen LogP contribution in [0.25, 0.3) is 10.2 Å². The third-order valence-electron chi connectivity index (χ3n) is 3.65. The lowest BCUT2D eigenvalue weighted by atomic mass is 10.3. The van der Waals surface area contributed by atoms with Crippen LogP contribution in [-0.4, -0.2) is 19.2 Å². The van der Waals surface area contributed by atoms with Gasteiger partial charge in [-0.1, -0.05) is 18.3 Å². The Bertz CT molecular complexity index is 1070. The summed E-state index contributed by atoms with van der Waals surface area (Å²) in [4.78, 5) is 1.53. The standard InChI is InChI=1S/C17H17FN2O2S3/c1-3-10-20-15-9-6-13(23-2)11-16(15)24-17(20)19-25(21,22)14-7-4-12(18)5-8-14/h4-9,11H,3,10H2,1-2H3/b19-17-. The summed E-state index contributed by atoms with van der Waals surface area (Å²) in [7, 11) is -3.89. The average molecular weight is 397 g/mol. The van der Waals surface area contributed by atoms with Crippen molar-refractivity contribution in [1.29, 1.82) is 0 Å². The highest BCUT2D eigenvalue weighted by Gasteiger charge is 2.15. The maximum absolute atomic E-state index is 13.0. The maximum Gasteiger partial charge on any atom is 0.285 e. The zero-order valence-electron chi connectivity index (χ0n) is 13.8. The number of rotatable bonds is 5. The SMILES string of the molecule is CCCn1/c(=N/S(=O)(=O)c2ccc(F)cc2)sc2cc(SC)ccc21. The maximum atomic E-state index is 13.0. The Kier molecular flexibility index (Phi) is 5.31. The van der Waals surface area contributed by atoms with Crippen LogP contribution >= 0.6 is 23.1 Å². The molecule has 0 bridgehead atoms. The number of aromatic nitrogens is 1. The summed E-state index contributed by atoms with van der Waals surface area (Å²) in [5.74, 6) is -0.480. The molecule has 8 heteroatoms. The second kappa shape index (κ2) is 7.31. The van der Waals surface area contributed by atoms with Crippen molar-refractivity contribution in [2.45, 2.75) is 29.7 Å². The lowest BCUT2D eigenvalue weighted by Gasteiger charge is -2.03. The molecule has 0 fully saturated rings. The molecule has 0 N–H and O–H groups in total. The van der Waals surface area contributed by atoms with Gasteiger partial charge in [0.25, 0.3) is 10.0 Å². The summed E-state index contributed by atoms with van der Waals surface area (Å²) >= 11 is 2.98. The van der Waals surface area contributed by atoms with Gasteiger partial charge in [-0.3, -0.25) is 0 Å². The van der Waals surface area contributed by atoms with Gasteiger partial charge in [-0.15, -0.1) is 16.2 Å². The van der Waals surface area contributed by atoms with E-state index in [9.17, 15) is 12.8 Å². The number of halogens is 1. The molecule has 0 spiro atoms. The Hall–Kier alpha value is -1.64. The number of benzene rings is 2. The topological polar surface area (TPSA) is 51.4 Å². The summed E-state index contributed by atoms with van der Waals surface area (Å²) in [6, 6.07) is 10.8. The van der Waals surface area contributed by atoms with E-state index >= 15 is 0 Å². The number of hydrogen-bond acceptors (Lipinski definition) is 4. The predicted octanol–water partition coefficient (Wildman–Crippen LogP) is 4.26. The third kappa shape index (κ3) is 3.80. The van der Waals surface area contributed by atoms with Gasteiger partial charge in [0, 0.05) is 11.4 Å². The summed E-state index contributed by atoms with van der Waals surface area (Å²) in [6.45, 7) is 2.71. The van der Waals surface area contributed by atoms with Crippen LogP contribution in [0.4, 0.5) is 4.39 Å². The molecule has 0 unspecified atom stereocenters. The highest BCUT2D eigenvalue weighted by atomic mass is 32.2. The first-order valence-corrected chi connectivity index (χ1v) is 11.2. The van der Waals surface area contributed by atoms with Crippen LogP contribution < -0.4 is 4.80 Å². The molecule has 132 valence electrons. The number of aryl methyl sites for hydroxylation is 1. The van der Waals surface area contributed by atoms with Gasteiger partial charge in [0.15, 0.2) is 0 Å². The molecule has 0 atom stereocenters. The van der Waals surface area contributed by atoms with Crippen molar-refractivity contribution < 1.29 is 12.8 Å². The first kappa shape index (κ1) is 18.2. The number of fused-ring (bicyclic) bond motifs is 1. The van der Waals surface area contributed by atoms with E-state index in [0.29, 0.717) is 11.3 Å². The fourth-order valence-electron chi connectivity index (χ4n) is 2.45. The van der Waals surface area contributed by atoms with E-state index in [-0.39, 0.29) is 4.90 Å². The Balaban J connectivity index is 2.20. The lowest BCUT2D eigenvalue weighted by molar-refractivity contribution is 0.593. The summed E-state index contributed by atoms with van der Waals surface area (Å²) in [6.07, 6.45) is 2.86.